The Balaban J connectivity index is 1.31. The number of furan rings is 1. The third-order valence-corrected chi connectivity index (χ3v) is 5.16. The minimum atomic E-state index is 0.849. The van der Waals surface area contributed by atoms with Crippen molar-refractivity contribution in [2.45, 2.75) is 38.5 Å². The Morgan fingerprint density at radius 1 is 1.29 bits per heavy atom. The first-order chi connectivity index (χ1) is 10.3. The van der Waals surface area contributed by atoms with Crippen molar-refractivity contribution in [1.29, 1.82) is 0 Å². The maximum absolute atomic E-state index is 5.33. The molecule has 0 aliphatic heterocycles. The van der Waals surface area contributed by atoms with E-state index in [2.05, 4.69) is 15.6 Å². The van der Waals surface area contributed by atoms with E-state index in [1.165, 1.54) is 32.1 Å². The Bertz CT molecular complexity index is 455. The summed E-state index contributed by atoms with van der Waals surface area (Å²) in [4.78, 5) is 4.28. The van der Waals surface area contributed by atoms with E-state index in [-0.39, 0.29) is 0 Å². The Labute approximate surface area is 127 Å². The van der Waals surface area contributed by atoms with Gasteiger partial charge in [0.1, 0.15) is 5.76 Å². The van der Waals surface area contributed by atoms with Crippen LogP contribution in [0, 0.1) is 17.8 Å². The molecule has 2 bridgehead atoms. The standard InChI is InChI=1S/C17H27N3O/c1-18-17(20-9-7-16-3-2-10-21-16)19-8-6-15-12-13-4-5-14(15)11-13/h2-3,10,13-15H,4-9,11-12H2,1H3,(H2,18,19,20). The van der Waals surface area contributed by atoms with Gasteiger partial charge < -0.3 is 15.1 Å². The van der Waals surface area contributed by atoms with Gasteiger partial charge in [-0.2, -0.15) is 0 Å². The number of hydrogen-bond donors (Lipinski definition) is 2. The monoisotopic (exact) mass is 289 g/mol. The van der Waals surface area contributed by atoms with Crippen LogP contribution in [-0.2, 0) is 6.42 Å². The zero-order chi connectivity index (χ0) is 14.5. The van der Waals surface area contributed by atoms with E-state index in [4.69, 9.17) is 4.42 Å². The smallest absolute Gasteiger partial charge is 0.190 e. The first-order valence-corrected chi connectivity index (χ1v) is 8.32. The maximum Gasteiger partial charge on any atom is 0.190 e. The highest BCUT2D eigenvalue weighted by Gasteiger charge is 2.38. The Morgan fingerprint density at radius 3 is 2.86 bits per heavy atom. The van der Waals surface area contributed by atoms with Gasteiger partial charge in [-0.1, -0.05) is 6.42 Å². The molecule has 1 heterocycles. The summed E-state index contributed by atoms with van der Waals surface area (Å²) in [6.45, 7) is 1.88. The molecule has 0 aromatic carbocycles. The van der Waals surface area contributed by atoms with Crippen LogP contribution in [-0.4, -0.2) is 26.1 Å². The van der Waals surface area contributed by atoms with Crippen LogP contribution in [0.25, 0.3) is 0 Å². The number of hydrogen-bond acceptors (Lipinski definition) is 2. The molecule has 0 amide bonds. The summed E-state index contributed by atoms with van der Waals surface area (Å²) >= 11 is 0. The van der Waals surface area contributed by atoms with Crippen molar-refractivity contribution in [3.05, 3.63) is 24.2 Å². The molecule has 21 heavy (non-hydrogen) atoms. The lowest BCUT2D eigenvalue weighted by atomic mass is 9.86. The second-order valence-corrected chi connectivity index (χ2v) is 6.48. The number of guanidine groups is 1. The van der Waals surface area contributed by atoms with Crippen LogP contribution < -0.4 is 10.6 Å². The first kappa shape index (κ1) is 14.5. The van der Waals surface area contributed by atoms with Crippen LogP contribution in [0.4, 0.5) is 0 Å². The zero-order valence-electron chi connectivity index (χ0n) is 13.0. The summed E-state index contributed by atoms with van der Waals surface area (Å²) < 4.78 is 5.33. The molecule has 2 saturated carbocycles. The van der Waals surface area contributed by atoms with Crippen LogP contribution in [0.1, 0.15) is 37.9 Å². The molecule has 0 spiro atoms. The van der Waals surface area contributed by atoms with E-state index < -0.39 is 0 Å². The number of nitrogens with one attached hydrogen (secondary N) is 2. The average Bonchev–Trinajstić information content (AvgIpc) is 3.23. The van der Waals surface area contributed by atoms with Gasteiger partial charge >= 0.3 is 0 Å². The van der Waals surface area contributed by atoms with Crippen molar-refractivity contribution in [1.82, 2.24) is 10.6 Å². The van der Waals surface area contributed by atoms with Gasteiger partial charge in [0.15, 0.2) is 5.96 Å². The van der Waals surface area contributed by atoms with Crippen LogP contribution in [0.2, 0.25) is 0 Å². The van der Waals surface area contributed by atoms with Gasteiger partial charge in [0.25, 0.3) is 0 Å². The second kappa shape index (κ2) is 7.01. The third-order valence-electron chi connectivity index (χ3n) is 5.16. The van der Waals surface area contributed by atoms with E-state index >= 15 is 0 Å². The van der Waals surface area contributed by atoms with Crippen molar-refractivity contribution in [3.8, 4) is 0 Å². The van der Waals surface area contributed by atoms with Crippen LogP contribution in [0.15, 0.2) is 27.8 Å². The molecular weight excluding hydrogens is 262 g/mol. The summed E-state index contributed by atoms with van der Waals surface area (Å²) in [6.07, 6.45) is 9.84. The molecule has 1 aromatic rings. The van der Waals surface area contributed by atoms with Crippen molar-refractivity contribution < 1.29 is 4.42 Å². The molecule has 3 rings (SSSR count). The minimum absolute atomic E-state index is 0.849. The molecule has 0 radical (unpaired) electrons. The summed E-state index contributed by atoms with van der Waals surface area (Å²) in [5, 5.41) is 6.79. The number of nitrogens with zero attached hydrogens (tertiary/aromatic N) is 1. The molecule has 4 nitrogen and oxygen atoms in total. The lowest BCUT2D eigenvalue weighted by Gasteiger charge is -2.22. The molecule has 2 fully saturated rings. The molecule has 116 valence electrons. The highest BCUT2D eigenvalue weighted by Crippen LogP contribution is 2.49. The van der Waals surface area contributed by atoms with Gasteiger partial charge in [0.2, 0.25) is 0 Å². The van der Waals surface area contributed by atoms with Gasteiger partial charge in [-0.05, 0) is 55.6 Å². The normalized spacial score (nSPS) is 28.0. The Morgan fingerprint density at radius 2 is 2.19 bits per heavy atom. The van der Waals surface area contributed by atoms with Crippen molar-refractivity contribution in [2.75, 3.05) is 20.1 Å². The summed E-state index contributed by atoms with van der Waals surface area (Å²) in [5.41, 5.74) is 0. The summed E-state index contributed by atoms with van der Waals surface area (Å²) in [6, 6.07) is 3.94. The van der Waals surface area contributed by atoms with E-state index in [1.807, 2.05) is 19.2 Å². The molecule has 3 atom stereocenters. The quantitative estimate of drug-likeness (QED) is 0.625. The van der Waals surface area contributed by atoms with Crippen molar-refractivity contribution in [3.63, 3.8) is 0 Å². The minimum Gasteiger partial charge on any atom is -0.469 e. The SMILES string of the molecule is CN=C(NCCc1ccco1)NCCC1CC2CCC1C2. The fourth-order valence-electron chi connectivity index (χ4n) is 4.09. The Kier molecular flexibility index (Phi) is 4.84. The largest absolute Gasteiger partial charge is 0.469 e. The summed E-state index contributed by atoms with van der Waals surface area (Å²) in [5.74, 6) is 4.94. The zero-order valence-corrected chi connectivity index (χ0v) is 13.0. The van der Waals surface area contributed by atoms with Crippen LogP contribution in [0.5, 0.6) is 0 Å². The fourth-order valence-corrected chi connectivity index (χ4v) is 4.09. The molecule has 1 aromatic heterocycles. The third kappa shape index (κ3) is 3.80. The molecule has 4 heteroatoms. The molecule has 3 unspecified atom stereocenters. The van der Waals surface area contributed by atoms with Crippen molar-refractivity contribution in [2.24, 2.45) is 22.7 Å². The molecule has 2 N–H and O–H groups in total. The number of fused-ring (bicyclic) bond motifs is 2. The van der Waals surface area contributed by atoms with Crippen LogP contribution >= 0.6 is 0 Å². The second-order valence-electron chi connectivity index (χ2n) is 6.48. The summed E-state index contributed by atoms with van der Waals surface area (Å²) in [7, 11) is 1.83. The first-order valence-electron chi connectivity index (χ1n) is 8.32. The van der Waals surface area contributed by atoms with Gasteiger partial charge in [0.05, 0.1) is 6.26 Å². The highest BCUT2D eigenvalue weighted by atomic mass is 16.3. The predicted octanol–water partition coefficient (Wildman–Crippen LogP) is 2.81. The van der Waals surface area contributed by atoms with Crippen molar-refractivity contribution >= 4 is 5.96 Å². The van der Waals surface area contributed by atoms with Gasteiger partial charge in [-0.15, -0.1) is 0 Å². The number of aliphatic imine (C=N–C) groups is 1. The average molecular weight is 289 g/mol. The molecular formula is C17H27N3O. The number of rotatable bonds is 6. The van der Waals surface area contributed by atoms with E-state index in [0.29, 0.717) is 0 Å². The molecule has 0 saturated heterocycles. The topological polar surface area (TPSA) is 49.6 Å². The molecule has 2 aliphatic carbocycles. The fraction of sp³-hybridized carbons (Fsp3) is 0.706. The van der Waals surface area contributed by atoms with Gasteiger partial charge in [0, 0.05) is 26.6 Å². The lowest BCUT2D eigenvalue weighted by molar-refractivity contribution is 0.315. The van der Waals surface area contributed by atoms with E-state index in [0.717, 1.165) is 49.0 Å². The van der Waals surface area contributed by atoms with Crippen LogP contribution in [0.3, 0.4) is 0 Å². The van der Waals surface area contributed by atoms with E-state index in [1.54, 1.807) is 6.26 Å². The highest BCUT2D eigenvalue weighted by molar-refractivity contribution is 5.79. The van der Waals surface area contributed by atoms with E-state index in [9.17, 15) is 0 Å². The molecule has 2 aliphatic rings. The predicted molar refractivity (Wildman–Crippen MR) is 85.3 cm³/mol. The van der Waals surface area contributed by atoms with Gasteiger partial charge in [-0.25, -0.2) is 0 Å². The Hall–Kier alpha value is -1.45. The van der Waals surface area contributed by atoms with Gasteiger partial charge in [-0.3, -0.25) is 4.99 Å². The lowest BCUT2D eigenvalue weighted by Crippen LogP contribution is -2.39. The maximum atomic E-state index is 5.33.